The monoisotopic (exact) mass is 420 g/mol. The van der Waals surface area contributed by atoms with Crippen molar-refractivity contribution in [2.24, 2.45) is 0 Å². The van der Waals surface area contributed by atoms with Gasteiger partial charge in [-0.1, -0.05) is 51.9 Å². The third-order valence-corrected chi connectivity index (χ3v) is 5.30. The van der Waals surface area contributed by atoms with Crippen molar-refractivity contribution in [2.45, 2.75) is 70.8 Å². The number of hydrogen-bond acceptors (Lipinski definition) is 4. The van der Waals surface area contributed by atoms with Crippen LogP contribution in [0.4, 0.5) is 4.39 Å². The van der Waals surface area contributed by atoms with Gasteiger partial charge in [-0.15, -0.1) is 0 Å². The second-order valence-corrected chi connectivity index (χ2v) is 7.71. The quantitative estimate of drug-likeness (QED) is 0.412. The van der Waals surface area contributed by atoms with Crippen LogP contribution in [-0.4, -0.2) is 48.4 Å². The highest BCUT2D eigenvalue weighted by Gasteiger charge is 2.35. The zero-order valence-electron chi connectivity index (χ0n) is 17.8. The SMILES string of the molecule is CCCCCCCCCCOC(=O)CC1C(=O)NCCN1C(=O)c1ccc(F)cc1. The fourth-order valence-electron chi connectivity index (χ4n) is 3.56. The standard InChI is InChI=1S/C23H33FN2O4/c1-2-3-4-5-6-7-8-9-16-30-21(27)17-20-22(28)25-14-15-26(20)23(29)18-10-12-19(24)13-11-18/h10-13,20H,2-9,14-17H2,1H3,(H,25,28). The number of nitrogens with one attached hydrogen (secondary N) is 1. The fraction of sp³-hybridized carbons (Fsp3) is 0.609. The molecule has 1 atom stereocenters. The lowest BCUT2D eigenvalue weighted by molar-refractivity contribution is -0.147. The van der Waals surface area contributed by atoms with Crippen LogP contribution in [0.3, 0.4) is 0 Å². The van der Waals surface area contributed by atoms with E-state index >= 15 is 0 Å². The van der Waals surface area contributed by atoms with Gasteiger partial charge in [0.15, 0.2) is 0 Å². The van der Waals surface area contributed by atoms with Gasteiger partial charge in [0, 0.05) is 18.7 Å². The van der Waals surface area contributed by atoms with E-state index in [1.807, 2.05) is 0 Å². The summed E-state index contributed by atoms with van der Waals surface area (Å²) in [6.45, 7) is 3.13. The van der Waals surface area contributed by atoms with E-state index in [4.69, 9.17) is 4.74 Å². The first-order valence-electron chi connectivity index (χ1n) is 11.0. The zero-order valence-corrected chi connectivity index (χ0v) is 17.8. The third-order valence-electron chi connectivity index (χ3n) is 5.30. The van der Waals surface area contributed by atoms with Crippen molar-refractivity contribution < 1.29 is 23.5 Å². The van der Waals surface area contributed by atoms with Crippen LogP contribution in [0.5, 0.6) is 0 Å². The third kappa shape index (κ3) is 7.76. The molecular formula is C23H33FN2O4. The average molecular weight is 421 g/mol. The van der Waals surface area contributed by atoms with Crippen molar-refractivity contribution in [3.63, 3.8) is 0 Å². The molecule has 1 aromatic carbocycles. The summed E-state index contributed by atoms with van der Waals surface area (Å²) >= 11 is 0. The maximum atomic E-state index is 13.1. The topological polar surface area (TPSA) is 75.7 Å². The van der Waals surface area contributed by atoms with E-state index in [1.54, 1.807) is 0 Å². The van der Waals surface area contributed by atoms with Gasteiger partial charge < -0.3 is 15.0 Å². The number of carbonyl (C=O) groups is 3. The predicted molar refractivity (Wildman–Crippen MR) is 112 cm³/mol. The number of halogens is 1. The molecule has 1 saturated heterocycles. The first-order valence-corrected chi connectivity index (χ1v) is 11.0. The number of amides is 2. The summed E-state index contributed by atoms with van der Waals surface area (Å²) in [7, 11) is 0. The lowest BCUT2D eigenvalue weighted by Crippen LogP contribution is -2.57. The van der Waals surface area contributed by atoms with Crippen molar-refractivity contribution in [1.82, 2.24) is 10.2 Å². The van der Waals surface area contributed by atoms with Crippen molar-refractivity contribution in [1.29, 1.82) is 0 Å². The summed E-state index contributed by atoms with van der Waals surface area (Å²) in [5.74, 6) is -1.70. The van der Waals surface area contributed by atoms with Gasteiger partial charge in [-0.25, -0.2) is 4.39 Å². The smallest absolute Gasteiger partial charge is 0.308 e. The number of nitrogens with zero attached hydrogens (tertiary/aromatic N) is 1. The van der Waals surface area contributed by atoms with Crippen molar-refractivity contribution in [2.75, 3.05) is 19.7 Å². The number of hydrogen-bond donors (Lipinski definition) is 1. The Bertz CT molecular complexity index is 693. The molecule has 6 nitrogen and oxygen atoms in total. The number of ether oxygens (including phenoxy) is 1. The molecule has 0 aromatic heterocycles. The normalized spacial score (nSPS) is 16.3. The van der Waals surface area contributed by atoms with Gasteiger partial charge in [0.1, 0.15) is 11.9 Å². The number of esters is 1. The highest BCUT2D eigenvalue weighted by atomic mass is 19.1. The highest BCUT2D eigenvalue weighted by Crippen LogP contribution is 2.16. The number of benzene rings is 1. The first kappa shape index (κ1) is 23.8. The highest BCUT2D eigenvalue weighted by molar-refractivity contribution is 5.99. The molecule has 2 amide bonds. The number of rotatable bonds is 12. The minimum absolute atomic E-state index is 0.185. The molecule has 0 saturated carbocycles. The van der Waals surface area contributed by atoms with E-state index in [2.05, 4.69) is 12.2 Å². The molecule has 1 fully saturated rings. The summed E-state index contributed by atoms with van der Waals surface area (Å²) < 4.78 is 18.4. The number of piperazine rings is 1. The molecule has 0 spiro atoms. The second kappa shape index (κ2) is 13.0. The molecule has 7 heteroatoms. The van der Waals surface area contributed by atoms with E-state index in [9.17, 15) is 18.8 Å². The maximum Gasteiger partial charge on any atom is 0.308 e. The van der Waals surface area contributed by atoms with Crippen LogP contribution in [0, 0.1) is 5.82 Å². The molecule has 1 aliphatic heterocycles. The van der Waals surface area contributed by atoms with Gasteiger partial charge in [-0.3, -0.25) is 14.4 Å². The number of carbonyl (C=O) groups excluding carboxylic acids is 3. The Morgan fingerprint density at radius 3 is 2.37 bits per heavy atom. The summed E-state index contributed by atoms with van der Waals surface area (Å²) in [4.78, 5) is 38.6. The molecule has 1 aliphatic rings. The Morgan fingerprint density at radius 2 is 1.70 bits per heavy atom. The van der Waals surface area contributed by atoms with Gasteiger partial charge in [0.05, 0.1) is 13.0 Å². The fourth-order valence-corrected chi connectivity index (χ4v) is 3.56. The molecule has 0 aliphatic carbocycles. The Morgan fingerprint density at radius 1 is 1.07 bits per heavy atom. The van der Waals surface area contributed by atoms with Crippen LogP contribution in [-0.2, 0) is 14.3 Å². The van der Waals surface area contributed by atoms with E-state index in [1.165, 1.54) is 61.3 Å². The Balaban J connectivity index is 1.76. The molecule has 2 rings (SSSR count). The molecule has 1 unspecified atom stereocenters. The molecule has 1 N–H and O–H groups in total. The Kier molecular flexibility index (Phi) is 10.3. The predicted octanol–water partition coefficient (Wildman–Crippen LogP) is 3.84. The summed E-state index contributed by atoms with van der Waals surface area (Å²) in [6, 6.07) is 4.24. The summed E-state index contributed by atoms with van der Waals surface area (Å²) in [6.07, 6.45) is 9.02. The van der Waals surface area contributed by atoms with E-state index < -0.39 is 23.7 Å². The van der Waals surface area contributed by atoms with Crippen LogP contribution in [0.25, 0.3) is 0 Å². The van der Waals surface area contributed by atoms with Gasteiger partial charge >= 0.3 is 5.97 Å². The van der Waals surface area contributed by atoms with Gasteiger partial charge in [0.2, 0.25) is 5.91 Å². The van der Waals surface area contributed by atoms with Gasteiger partial charge in [0.25, 0.3) is 5.91 Å². The lowest BCUT2D eigenvalue weighted by Gasteiger charge is -2.34. The van der Waals surface area contributed by atoms with Crippen molar-refractivity contribution in [3.05, 3.63) is 35.6 Å². The molecular weight excluding hydrogens is 387 g/mol. The van der Waals surface area contributed by atoms with Crippen LogP contribution in [0.15, 0.2) is 24.3 Å². The van der Waals surface area contributed by atoms with Crippen LogP contribution < -0.4 is 5.32 Å². The molecule has 1 heterocycles. The van der Waals surface area contributed by atoms with Gasteiger partial charge in [-0.2, -0.15) is 0 Å². The molecule has 1 aromatic rings. The molecule has 166 valence electrons. The van der Waals surface area contributed by atoms with E-state index in [0.717, 1.165) is 19.3 Å². The number of unbranched alkanes of at least 4 members (excludes halogenated alkanes) is 7. The van der Waals surface area contributed by atoms with Crippen molar-refractivity contribution in [3.8, 4) is 0 Å². The Hall–Kier alpha value is -2.44. The zero-order chi connectivity index (χ0) is 21.8. The summed E-state index contributed by atoms with van der Waals surface area (Å²) in [5.41, 5.74) is 0.281. The minimum Gasteiger partial charge on any atom is -0.466 e. The summed E-state index contributed by atoms with van der Waals surface area (Å²) in [5, 5.41) is 2.69. The lowest BCUT2D eigenvalue weighted by atomic mass is 10.1. The Labute approximate surface area is 178 Å². The molecule has 30 heavy (non-hydrogen) atoms. The van der Waals surface area contributed by atoms with Crippen LogP contribution in [0.1, 0.15) is 75.1 Å². The van der Waals surface area contributed by atoms with E-state index in [0.29, 0.717) is 13.2 Å². The second-order valence-electron chi connectivity index (χ2n) is 7.71. The average Bonchev–Trinajstić information content (AvgIpc) is 2.74. The largest absolute Gasteiger partial charge is 0.466 e. The minimum atomic E-state index is -0.914. The van der Waals surface area contributed by atoms with E-state index in [-0.39, 0.29) is 24.4 Å². The van der Waals surface area contributed by atoms with Crippen LogP contribution >= 0.6 is 0 Å². The first-order chi connectivity index (χ1) is 14.5. The maximum absolute atomic E-state index is 13.1. The van der Waals surface area contributed by atoms with Crippen molar-refractivity contribution >= 4 is 17.8 Å². The molecule has 0 radical (unpaired) electrons. The van der Waals surface area contributed by atoms with Gasteiger partial charge in [-0.05, 0) is 30.7 Å². The molecule has 0 bridgehead atoms. The van der Waals surface area contributed by atoms with Crippen LogP contribution in [0.2, 0.25) is 0 Å².